The van der Waals surface area contributed by atoms with Crippen LogP contribution in [0.25, 0.3) is 0 Å². The molecule has 0 saturated carbocycles. The van der Waals surface area contributed by atoms with Crippen molar-refractivity contribution in [1.82, 2.24) is 25.1 Å². The summed E-state index contributed by atoms with van der Waals surface area (Å²) in [5.41, 5.74) is 5.12. The highest BCUT2D eigenvalue weighted by molar-refractivity contribution is 7.93. The van der Waals surface area contributed by atoms with Crippen molar-refractivity contribution in [3.05, 3.63) is 70.5 Å². The van der Waals surface area contributed by atoms with Crippen LogP contribution in [-0.4, -0.2) is 74.7 Å². The van der Waals surface area contributed by atoms with Crippen LogP contribution in [0.1, 0.15) is 17.5 Å². The monoisotopic (exact) mass is 472 g/mol. The van der Waals surface area contributed by atoms with Crippen molar-refractivity contribution in [2.24, 2.45) is 4.99 Å². The average Bonchev–Trinajstić information content (AvgIpc) is 3.53. The number of carbonyl (C=O) groups excluding carboxylic acids is 1. The minimum atomic E-state index is -3.78. The van der Waals surface area contributed by atoms with Gasteiger partial charge in [-0.3, -0.25) is 9.79 Å². The first-order valence-corrected chi connectivity index (χ1v) is 12.2. The first-order chi connectivity index (χ1) is 15.9. The van der Waals surface area contributed by atoms with E-state index in [-0.39, 0.29) is 23.8 Å². The number of hydrogen-bond acceptors (Lipinski definition) is 8. The van der Waals surface area contributed by atoms with E-state index in [1.165, 1.54) is 28.7 Å². The summed E-state index contributed by atoms with van der Waals surface area (Å²) in [6.45, 7) is 2.31. The number of rotatable bonds is 9. The van der Waals surface area contributed by atoms with E-state index >= 15 is 0 Å². The van der Waals surface area contributed by atoms with E-state index in [0.29, 0.717) is 18.7 Å². The molecule has 3 heterocycles. The number of amides is 1. The van der Waals surface area contributed by atoms with Gasteiger partial charge >= 0.3 is 0 Å². The number of allylic oxidation sites excluding steroid dienone is 2. The maximum atomic E-state index is 13.0. The van der Waals surface area contributed by atoms with Gasteiger partial charge < -0.3 is 10.2 Å². The van der Waals surface area contributed by atoms with Gasteiger partial charge in [0.05, 0.1) is 12.7 Å². The van der Waals surface area contributed by atoms with Gasteiger partial charge in [-0.2, -0.15) is 4.94 Å². The van der Waals surface area contributed by atoms with Crippen LogP contribution in [0.15, 0.2) is 64.4 Å². The fourth-order valence-electron chi connectivity index (χ4n) is 3.63. The van der Waals surface area contributed by atoms with Crippen LogP contribution in [0, 0.1) is 0 Å². The summed E-state index contributed by atoms with van der Waals surface area (Å²) in [5, 5.41) is 4.59. The number of aliphatic imine (C=N–C) groups is 1. The fraction of sp³-hybridized carbons (Fsp3) is 0.364. The Balaban J connectivity index is 1.26. The second-order valence-electron chi connectivity index (χ2n) is 7.93. The lowest BCUT2D eigenvalue weighted by Gasteiger charge is -2.24. The van der Waals surface area contributed by atoms with E-state index in [1.54, 1.807) is 24.2 Å². The zero-order valence-electron chi connectivity index (χ0n) is 18.7. The lowest BCUT2D eigenvalue weighted by molar-refractivity contribution is -0.129. The molecule has 0 spiro atoms. The highest BCUT2D eigenvalue weighted by Crippen LogP contribution is 2.29. The number of sulfonamides is 1. The molecule has 0 unspecified atom stereocenters. The third-order valence-electron chi connectivity index (χ3n) is 5.70. The Morgan fingerprint density at radius 3 is 2.73 bits per heavy atom. The number of carbonyl (C=O) groups is 1. The van der Waals surface area contributed by atoms with Gasteiger partial charge in [0, 0.05) is 51.9 Å². The molecule has 0 saturated heterocycles. The van der Waals surface area contributed by atoms with Crippen LogP contribution in [0.5, 0.6) is 0 Å². The zero-order valence-corrected chi connectivity index (χ0v) is 19.5. The number of benzene rings is 1. The minimum absolute atomic E-state index is 0.0813. The Labute approximate surface area is 193 Å². The standard InChI is InChI=1S/C22H28N6O4S/c1-26(14-9-17-5-7-18(8-6-17)22-23-11-12-24-22)21(29)10-15-27(2)33(30,31)20-4-3-13-28-19(20)16-25-32-28/h3-8,13,16,25H,9-12,14-15H2,1-2H3,(H,23,24). The largest absolute Gasteiger partial charge is 0.368 e. The molecule has 0 fully saturated rings. The molecular weight excluding hydrogens is 444 g/mol. The Morgan fingerprint density at radius 2 is 2.00 bits per heavy atom. The Bertz CT molecular complexity index is 1120. The summed E-state index contributed by atoms with van der Waals surface area (Å²) in [7, 11) is -0.566. The van der Waals surface area contributed by atoms with Gasteiger partial charge in [-0.05, 0) is 24.1 Å². The molecule has 0 radical (unpaired) electrons. The summed E-state index contributed by atoms with van der Waals surface area (Å²) in [5.74, 6) is 0.816. The van der Waals surface area contributed by atoms with Crippen molar-refractivity contribution in [3.8, 4) is 0 Å². The molecule has 11 heteroatoms. The summed E-state index contributed by atoms with van der Waals surface area (Å²) in [6.07, 6.45) is 7.00. The van der Waals surface area contributed by atoms with Gasteiger partial charge in [0.25, 0.3) is 0 Å². The number of amidine groups is 1. The van der Waals surface area contributed by atoms with Gasteiger partial charge in [-0.15, -0.1) is 0 Å². The molecule has 3 aliphatic rings. The topological polar surface area (TPSA) is 107 Å². The fourth-order valence-corrected chi connectivity index (χ4v) is 4.96. The molecule has 1 aromatic rings. The Morgan fingerprint density at radius 1 is 1.21 bits per heavy atom. The molecule has 0 bridgehead atoms. The van der Waals surface area contributed by atoms with E-state index in [4.69, 9.17) is 4.94 Å². The summed E-state index contributed by atoms with van der Waals surface area (Å²) < 4.78 is 27.2. The lowest BCUT2D eigenvalue weighted by Crippen LogP contribution is -2.36. The maximum absolute atomic E-state index is 13.0. The Kier molecular flexibility index (Phi) is 6.82. The predicted molar refractivity (Wildman–Crippen MR) is 125 cm³/mol. The lowest BCUT2D eigenvalue weighted by atomic mass is 10.1. The first-order valence-electron chi connectivity index (χ1n) is 10.7. The minimum Gasteiger partial charge on any atom is -0.368 e. The van der Waals surface area contributed by atoms with Crippen molar-refractivity contribution in [2.45, 2.75) is 12.8 Å². The summed E-state index contributed by atoms with van der Waals surface area (Å²) in [4.78, 5) is 23.8. The van der Waals surface area contributed by atoms with Crippen LogP contribution in [-0.2, 0) is 26.2 Å². The molecule has 0 atom stereocenters. The van der Waals surface area contributed by atoms with Crippen molar-refractivity contribution in [3.63, 3.8) is 0 Å². The van der Waals surface area contributed by atoms with Crippen LogP contribution in [0.2, 0.25) is 0 Å². The molecule has 1 amide bonds. The normalized spacial score (nSPS) is 17.2. The third kappa shape index (κ3) is 5.10. The van der Waals surface area contributed by atoms with E-state index in [1.807, 2.05) is 24.3 Å². The van der Waals surface area contributed by atoms with E-state index in [0.717, 1.165) is 30.1 Å². The number of hydrogen-bond donors (Lipinski definition) is 2. The van der Waals surface area contributed by atoms with Gasteiger partial charge in [0.1, 0.15) is 16.4 Å². The van der Waals surface area contributed by atoms with Gasteiger partial charge in [0.2, 0.25) is 15.9 Å². The predicted octanol–water partition coefficient (Wildman–Crippen LogP) is 0.693. The maximum Gasteiger partial charge on any atom is 0.245 e. The van der Waals surface area contributed by atoms with Crippen molar-refractivity contribution in [2.75, 3.05) is 40.3 Å². The number of hydroxylamine groups is 3. The van der Waals surface area contributed by atoms with Crippen LogP contribution in [0.4, 0.5) is 0 Å². The van der Waals surface area contributed by atoms with E-state index < -0.39 is 10.0 Å². The molecule has 3 aliphatic heterocycles. The molecule has 176 valence electrons. The summed E-state index contributed by atoms with van der Waals surface area (Å²) >= 11 is 0. The van der Waals surface area contributed by atoms with Crippen molar-refractivity contribution < 1.29 is 18.2 Å². The highest BCUT2D eigenvalue weighted by atomic mass is 32.2. The molecular formula is C22H28N6O4S. The molecule has 1 aromatic carbocycles. The number of nitrogens with zero attached hydrogens (tertiary/aromatic N) is 4. The number of likely N-dealkylation sites (N-methyl/N-ethyl adjacent to an activating group) is 1. The third-order valence-corrected chi connectivity index (χ3v) is 7.60. The van der Waals surface area contributed by atoms with Gasteiger partial charge in [-0.1, -0.05) is 24.3 Å². The van der Waals surface area contributed by atoms with E-state index in [9.17, 15) is 13.2 Å². The zero-order chi connectivity index (χ0) is 23.4. The van der Waals surface area contributed by atoms with Gasteiger partial charge in [-0.25, -0.2) is 23.3 Å². The molecule has 2 N–H and O–H groups in total. The van der Waals surface area contributed by atoms with Crippen LogP contribution in [0.3, 0.4) is 0 Å². The molecule has 10 nitrogen and oxygen atoms in total. The molecule has 0 aliphatic carbocycles. The van der Waals surface area contributed by atoms with Crippen molar-refractivity contribution >= 4 is 21.8 Å². The van der Waals surface area contributed by atoms with E-state index in [2.05, 4.69) is 15.8 Å². The molecule has 33 heavy (non-hydrogen) atoms. The van der Waals surface area contributed by atoms with Crippen LogP contribution >= 0.6 is 0 Å². The average molecular weight is 473 g/mol. The quantitative estimate of drug-likeness (QED) is 0.545. The van der Waals surface area contributed by atoms with Crippen molar-refractivity contribution in [1.29, 1.82) is 0 Å². The number of fused-ring (bicyclic) bond motifs is 1. The molecule has 0 aromatic heterocycles. The number of nitrogens with one attached hydrogen (secondary N) is 2. The SMILES string of the molecule is CN(CCc1ccc(C2=NCCN2)cc1)C(=O)CCN(C)S(=O)(=O)C1=CC=CN2ONC=C12. The molecule has 4 rings (SSSR count). The Hall–Kier alpha value is -3.15. The van der Waals surface area contributed by atoms with Crippen LogP contribution < -0.4 is 10.8 Å². The van der Waals surface area contributed by atoms with Gasteiger partial charge in [0.15, 0.2) is 0 Å². The highest BCUT2D eigenvalue weighted by Gasteiger charge is 2.33. The second-order valence-corrected chi connectivity index (χ2v) is 9.95. The first kappa shape index (κ1) is 23.0. The second kappa shape index (κ2) is 9.77. The summed E-state index contributed by atoms with van der Waals surface area (Å²) in [6, 6.07) is 8.15. The smallest absolute Gasteiger partial charge is 0.245 e.